The minimum Gasteiger partial charge on any atom is -0.461 e. The second kappa shape index (κ2) is 11.9. The third-order valence-electron chi connectivity index (χ3n) is 5.43. The minimum absolute atomic E-state index is 0.245. The molecule has 0 aliphatic heterocycles. The zero-order valence-electron chi connectivity index (χ0n) is 19.6. The van der Waals surface area contributed by atoms with E-state index in [1.807, 2.05) is 121 Å². The molecule has 4 nitrogen and oxygen atoms in total. The molecule has 0 aliphatic rings. The van der Waals surface area contributed by atoms with Crippen molar-refractivity contribution < 1.29 is 9.53 Å². The normalized spacial score (nSPS) is 11.6. The Morgan fingerprint density at radius 1 is 0.743 bits per heavy atom. The van der Waals surface area contributed by atoms with Crippen LogP contribution in [0.1, 0.15) is 12.5 Å². The van der Waals surface area contributed by atoms with Crippen molar-refractivity contribution in [2.24, 2.45) is 10.2 Å². The van der Waals surface area contributed by atoms with E-state index in [1.165, 1.54) is 0 Å². The van der Waals surface area contributed by atoms with Crippen LogP contribution in [0.25, 0.3) is 6.08 Å². The Kier molecular flexibility index (Phi) is 8.21. The largest absolute Gasteiger partial charge is 0.461 e. The van der Waals surface area contributed by atoms with Crippen molar-refractivity contribution in [1.29, 1.82) is 0 Å². The van der Waals surface area contributed by atoms with Gasteiger partial charge in [-0.2, -0.15) is 5.11 Å². The first-order valence-electron chi connectivity index (χ1n) is 11.5. The molecule has 4 aromatic rings. The van der Waals surface area contributed by atoms with E-state index >= 15 is 0 Å². The van der Waals surface area contributed by atoms with Crippen LogP contribution in [-0.2, 0) is 9.53 Å². The van der Waals surface area contributed by atoms with Gasteiger partial charge in [0.15, 0.2) is 5.42 Å². The third kappa shape index (κ3) is 5.74. The summed E-state index contributed by atoms with van der Waals surface area (Å²) in [5.74, 6) is 1.66. The average molecular weight is 479 g/mol. The Morgan fingerprint density at radius 3 is 1.74 bits per heavy atom. The lowest BCUT2D eigenvalue weighted by Crippen LogP contribution is -2.26. The van der Waals surface area contributed by atoms with Gasteiger partial charge in [0, 0.05) is 6.89 Å². The number of hydrogen-bond donors (Lipinski definition) is 0. The van der Waals surface area contributed by atoms with Crippen LogP contribution >= 0.6 is 6.89 Å². The molecular weight excluding hydrogens is 451 g/mol. The van der Waals surface area contributed by atoms with Gasteiger partial charge < -0.3 is 4.74 Å². The first-order valence-corrected chi connectivity index (χ1v) is 13.4. The SMILES string of the molecule is CCOC(=O)C(N=Nc1ccccc1)=P(/C=C/c1ccccc1)(c1ccccc1)c1ccccc1. The zero-order valence-corrected chi connectivity index (χ0v) is 20.5. The summed E-state index contributed by atoms with van der Waals surface area (Å²) in [6.07, 6.45) is 2.06. The summed E-state index contributed by atoms with van der Waals surface area (Å²) in [6, 6.07) is 39.6. The molecule has 0 saturated carbocycles. The van der Waals surface area contributed by atoms with Crippen LogP contribution < -0.4 is 10.6 Å². The van der Waals surface area contributed by atoms with Crippen molar-refractivity contribution in [1.82, 2.24) is 0 Å². The maximum absolute atomic E-state index is 13.6. The van der Waals surface area contributed by atoms with Crippen LogP contribution in [0.5, 0.6) is 0 Å². The molecule has 0 heterocycles. The summed E-state index contributed by atoms with van der Waals surface area (Å²) < 4.78 is 5.56. The van der Waals surface area contributed by atoms with Gasteiger partial charge in [0.2, 0.25) is 0 Å². The lowest BCUT2D eigenvalue weighted by Gasteiger charge is -2.26. The molecule has 0 N–H and O–H groups in total. The number of carbonyl (C=O) groups is 1. The van der Waals surface area contributed by atoms with Gasteiger partial charge in [-0.05, 0) is 41.0 Å². The molecular formula is C30H27N2O2P. The highest BCUT2D eigenvalue weighted by atomic mass is 31.2. The smallest absolute Gasteiger partial charge is 0.359 e. The van der Waals surface area contributed by atoms with Gasteiger partial charge in [-0.1, -0.05) is 115 Å². The van der Waals surface area contributed by atoms with Crippen molar-refractivity contribution in [3.05, 3.63) is 133 Å². The average Bonchev–Trinajstić information content (AvgIpc) is 2.93. The fraction of sp³-hybridized carbons (Fsp3) is 0.0667. The topological polar surface area (TPSA) is 51.0 Å². The van der Waals surface area contributed by atoms with Crippen LogP contribution in [0, 0.1) is 0 Å². The van der Waals surface area contributed by atoms with Crippen molar-refractivity contribution in [2.45, 2.75) is 6.92 Å². The Hall–Kier alpha value is -4.01. The van der Waals surface area contributed by atoms with Crippen LogP contribution in [0.3, 0.4) is 0 Å². The van der Waals surface area contributed by atoms with E-state index in [1.54, 1.807) is 6.92 Å². The molecule has 4 rings (SSSR count). The van der Waals surface area contributed by atoms with Crippen molar-refractivity contribution >= 4 is 40.6 Å². The number of carbonyl (C=O) groups excluding carboxylic acids is 1. The maximum atomic E-state index is 13.6. The summed E-state index contributed by atoms with van der Waals surface area (Å²) in [4.78, 5) is 13.6. The first-order chi connectivity index (χ1) is 17.2. The molecule has 0 saturated heterocycles. The highest BCUT2D eigenvalue weighted by Gasteiger charge is 2.31. The molecule has 0 unspecified atom stereocenters. The fourth-order valence-corrected chi connectivity index (χ4v) is 7.27. The van der Waals surface area contributed by atoms with Crippen LogP contribution in [0.2, 0.25) is 0 Å². The summed E-state index contributed by atoms with van der Waals surface area (Å²) in [6.45, 7) is -0.653. The van der Waals surface area contributed by atoms with Crippen molar-refractivity contribution in [3.63, 3.8) is 0 Å². The number of azo groups is 1. The molecule has 4 aromatic carbocycles. The van der Waals surface area contributed by atoms with Gasteiger partial charge in [-0.15, -0.1) is 5.11 Å². The fourth-order valence-electron chi connectivity index (χ4n) is 3.78. The predicted molar refractivity (Wildman–Crippen MR) is 147 cm³/mol. The quantitative estimate of drug-likeness (QED) is 0.159. The summed E-state index contributed by atoms with van der Waals surface area (Å²) in [5, 5.41) is 11.1. The van der Waals surface area contributed by atoms with Gasteiger partial charge in [0.1, 0.15) is 0 Å². The molecule has 0 spiro atoms. The van der Waals surface area contributed by atoms with Crippen molar-refractivity contribution in [3.8, 4) is 0 Å². The predicted octanol–water partition coefficient (Wildman–Crippen LogP) is 6.80. The van der Waals surface area contributed by atoms with Gasteiger partial charge in [0.25, 0.3) is 0 Å². The molecule has 0 fully saturated rings. The second-order valence-corrected chi connectivity index (χ2v) is 10.9. The van der Waals surface area contributed by atoms with E-state index in [0.29, 0.717) is 11.1 Å². The molecule has 0 bridgehead atoms. The molecule has 5 heteroatoms. The number of esters is 1. The molecule has 0 atom stereocenters. The Labute approximate surface area is 206 Å². The Balaban J connectivity index is 2.10. The third-order valence-corrected chi connectivity index (χ3v) is 9.19. The monoisotopic (exact) mass is 478 g/mol. The van der Waals surface area contributed by atoms with Gasteiger partial charge in [-0.3, -0.25) is 0 Å². The van der Waals surface area contributed by atoms with Crippen LogP contribution in [-0.4, -0.2) is 18.0 Å². The molecule has 0 amide bonds. The standard InChI is InChI=1S/C30H27N2O2P/c1-2-34-30(33)29(32-31-26-17-9-4-10-18-26)35(27-19-11-5-12-20-27,28-21-13-6-14-22-28)24-23-25-15-7-3-8-16-25/h3-24H,2H2,1H3/b24-23+,32-31?. The van der Waals surface area contributed by atoms with E-state index in [0.717, 1.165) is 16.2 Å². The zero-order chi connectivity index (χ0) is 24.3. The van der Waals surface area contributed by atoms with E-state index < -0.39 is 12.9 Å². The van der Waals surface area contributed by atoms with Gasteiger partial charge >= 0.3 is 5.97 Å². The number of rotatable bonds is 8. The summed E-state index contributed by atoms with van der Waals surface area (Å²) in [5.41, 5.74) is 2.00. The molecule has 0 aliphatic carbocycles. The first kappa shape index (κ1) is 24.1. The molecule has 0 radical (unpaired) electrons. The number of hydrogen-bond acceptors (Lipinski definition) is 3. The highest BCUT2D eigenvalue weighted by Crippen LogP contribution is 2.50. The van der Waals surface area contributed by atoms with Crippen LogP contribution in [0.4, 0.5) is 5.69 Å². The van der Waals surface area contributed by atoms with E-state index in [-0.39, 0.29) is 6.61 Å². The maximum Gasteiger partial charge on any atom is 0.359 e. The molecule has 35 heavy (non-hydrogen) atoms. The van der Waals surface area contributed by atoms with Gasteiger partial charge in [0.05, 0.1) is 12.3 Å². The van der Waals surface area contributed by atoms with Crippen LogP contribution in [0.15, 0.2) is 137 Å². The lowest BCUT2D eigenvalue weighted by molar-refractivity contribution is -0.134. The van der Waals surface area contributed by atoms with E-state index in [9.17, 15) is 4.79 Å². The van der Waals surface area contributed by atoms with Crippen molar-refractivity contribution in [2.75, 3.05) is 6.61 Å². The molecule has 0 aromatic heterocycles. The Morgan fingerprint density at radius 2 is 1.23 bits per heavy atom. The van der Waals surface area contributed by atoms with E-state index in [2.05, 4.69) is 22.1 Å². The minimum atomic E-state index is -2.70. The lowest BCUT2D eigenvalue weighted by atomic mass is 10.2. The van der Waals surface area contributed by atoms with Gasteiger partial charge in [-0.25, -0.2) is 4.79 Å². The second-order valence-electron chi connectivity index (χ2n) is 7.70. The number of ether oxygens (including phenoxy) is 1. The summed E-state index contributed by atoms with van der Waals surface area (Å²) in [7, 11) is 0. The van der Waals surface area contributed by atoms with E-state index in [4.69, 9.17) is 4.74 Å². The summed E-state index contributed by atoms with van der Waals surface area (Å²) >= 11 is 0. The highest BCUT2D eigenvalue weighted by molar-refractivity contribution is 7.93. The number of benzene rings is 4. The Bertz CT molecular complexity index is 1310. The number of nitrogens with zero attached hydrogens (tertiary/aromatic N) is 2. The molecule has 174 valence electrons.